The Balaban J connectivity index is 4.51. The van der Waals surface area contributed by atoms with Gasteiger partial charge in [0.2, 0.25) is 0 Å². The zero-order valence-electron chi connectivity index (χ0n) is 6.30. The number of aliphatic carboxylic acids is 2. The standard InChI is InChI=1S/C7H6O6/c8-3-4(6(10)11)1-2-5(9)7(12)13/h1-3,8H,(H,10,11)(H,12,13). The molecule has 70 valence electrons. The van der Waals surface area contributed by atoms with E-state index in [-0.39, 0.29) is 6.26 Å². The molecule has 3 N–H and O–H groups in total. The first kappa shape index (κ1) is 10.9. The summed E-state index contributed by atoms with van der Waals surface area (Å²) in [6.07, 6.45) is 1.49. The van der Waals surface area contributed by atoms with Crippen molar-refractivity contribution in [1.29, 1.82) is 0 Å². The van der Waals surface area contributed by atoms with Crippen molar-refractivity contribution in [3.8, 4) is 0 Å². The maximum atomic E-state index is 10.4. The molecule has 0 radical (unpaired) electrons. The maximum Gasteiger partial charge on any atom is 0.376 e. The summed E-state index contributed by atoms with van der Waals surface area (Å²) in [6.45, 7) is 0. The fraction of sp³-hybridized carbons (Fsp3) is 0. The average molecular weight is 186 g/mol. The van der Waals surface area contributed by atoms with Gasteiger partial charge in [0, 0.05) is 0 Å². The summed E-state index contributed by atoms with van der Waals surface area (Å²) in [7, 11) is 0. The van der Waals surface area contributed by atoms with Gasteiger partial charge in [-0.05, 0) is 12.2 Å². The van der Waals surface area contributed by atoms with Gasteiger partial charge in [0.25, 0.3) is 5.78 Å². The lowest BCUT2D eigenvalue weighted by molar-refractivity contribution is -0.146. The number of carbonyl (C=O) groups excluding carboxylic acids is 1. The van der Waals surface area contributed by atoms with Gasteiger partial charge >= 0.3 is 11.9 Å². The van der Waals surface area contributed by atoms with Crippen LogP contribution in [0.4, 0.5) is 0 Å². The minimum atomic E-state index is -1.70. The van der Waals surface area contributed by atoms with E-state index in [4.69, 9.17) is 15.3 Å². The van der Waals surface area contributed by atoms with E-state index in [0.717, 1.165) is 0 Å². The summed E-state index contributed by atoms with van der Waals surface area (Å²) < 4.78 is 0. The number of carboxylic acid groups (broad SMARTS) is 2. The maximum absolute atomic E-state index is 10.4. The first-order valence-electron chi connectivity index (χ1n) is 3.02. The van der Waals surface area contributed by atoms with Crippen LogP contribution in [0.25, 0.3) is 0 Å². The van der Waals surface area contributed by atoms with Crippen LogP contribution in [0.2, 0.25) is 0 Å². The van der Waals surface area contributed by atoms with E-state index in [1.54, 1.807) is 0 Å². The normalized spacial score (nSPS) is 11.5. The highest BCUT2D eigenvalue weighted by Gasteiger charge is 2.08. The molecule has 0 aromatic carbocycles. The highest BCUT2D eigenvalue weighted by molar-refractivity contribution is 6.37. The van der Waals surface area contributed by atoms with Crippen LogP contribution in [0.3, 0.4) is 0 Å². The van der Waals surface area contributed by atoms with Crippen LogP contribution in [-0.2, 0) is 14.4 Å². The van der Waals surface area contributed by atoms with Crippen molar-refractivity contribution in [3.63, 3.8) is 0 Å². The van der Waals surface area contributed by atoms with E-state index < -0.39 is 23.3 Å². The minimum Gasteiger partial charge on any atom is -0.515 e. The van der Waals surface area contributed by atoms with Gasteiger partial charge in [-0.3, -0.25) is 4.79 Å². The summed E-state index contributed by atoms with van der Waals surface area (Å²) in [6, 6.07) is 0. The predicted molar refractivity (Wildman–Crippen MR) is 40.1 cm³/mol. The van der Waals surface area contributed by atoms with Gasteiger partial charge < -0.3 is 15.3 Å². The highest BCUT2D eigenvalue weighted by Crippen LogP contribution is 1.95. The Morgan fingerprint density at radius 3 is 1.77 bits per heavy atom. The molecule has 13 heavy (non-hydrogen) atoms. The van der Waals surface area contributed by atoms with Gasteiger partial charge in [0.1, 0.15) is 0 Å². The molecule has 0 aromatic rings. The molecule has 6 nitrogen and oxygen atoms in total. The van der Waals surface area contributed by atoms with Crippen molar-refractivity contribution in [2.45, 2.75) is 0 Å². The molecule has 0 unspecified atom stereocenters. The average Bonchev–Trinajstić information content (AvgIpc) is 2.04. The second kappa shape index (κ2) is 4.70. The Bertz CT molecular complexity index is 298. The number of carboxylic acids is 2. The quantitative estimate of drug-likeness (QED) is 0.241. The van der Waals surface area contributed by atoms with E-state index in [1.165, 1.54) is 0 Å². The van der Waals surface area contributed by atoms with Crippen LogP contribution >= 0.6 is 0 Å². The molecule has 0 bridgehead atoms. The fourth-order valence-electron chi connectivity index (χ4n) is 0.406. The lowest BCUT2D eigenvalue weighted by Crippen LogP contribution is -2.09. The zero-order valence-corrected chi connectivity index (χ0v) is 6.30. The number of aliphatic hydroxyl groups is 1. The second-order valence-corrected chi connectivity index (χ2v) is 1.89. The van der Waals surface area contributed by atoms with Crippen molar-refractivity contribution in [1.82, 2.24) is 0 Å². The largest absolute Gasteiger partial charge is 0.515 e. The van der Waals surface area contributed by atoms with Gasteiger partial charge in [-0.15, -0.1) is 0 Å². The van der Waals surface area contributed by atoms with E-state index >= 15 is 0 Å². The molecular formula is C7H6O6. The van der Waals surface area contributed by atoms with E-state index in [1.807, 2.05) is 0 Å². The Hall–Kier alpha value is -2.11. The van der Waals surface area contributed by atoms with Crippen LogP contribution < -0.4 is 0 Å². The van der Waals surface area contributed by atoms with Crippen molar-refractivity contribution < 1.29 is 29.7 Å². The Labute approximate surface area is 72.4 Å². The number of hydrogen-bond donors (Lipinski definition) is 3. The van der Waals surface area contributed by atoms with Crippen LogP contribution in [-0.4, -0.2) is 33.0 Å². The Morgan fingerprint density at radius 2 is 1.46 bits per heavy atom. The summed E-state index contributed by atoms with van der Waals surface area (Å²) in [5, 5.41) is 24.7. The molecule has 0 aliphatic heterocycles. The van der Waals surface area contributed by atoms with Crippen LogP contribution in [0.1, 0.15) is 0 Å². The smallest absolute Gasteiger partial charge is 0.376 e. The third-order valence-corrected chi connectivity index (χ3v) is 1.01. The molecule has 0 amide bonds. The lowest BCUT2D eigenvalue weighted by atomic mass is 10.2. The molecule has 0 atom stereocenters. The molecule has 0 aliphatic carbocycles. The topological polar surface area (TPSA) is 112 Å². The minimum absolute atomic E-state index is 0.258. The first-order chi connectivity index (χ1) is 5.99. The number of ketones is 1. The predicted octanol–water partition coefficient (Wildman–Crippen LogP) is -0.277. The second-order valence-electron chi connectivity index (χ2n) is 1.89. The van der Waals surface area contributed by atoms with Gasteiger partial charge in [-0.25, -0.2) is 9.59 Å². The molecule has 0 spiro atoms. The lowest BCUT2D eigenvalue weighted by Gasteiger charge is -1.89. The van der Waals surface area contributed by atoms with Gasteiger partial charge in [0.15, 0.2) is 0 Å². The molecule has 6 heteroatoms. The summed E-state index contributed by atoms with van der Waals surface area (Å²) >= 11 is 0. The Kier molecular flexibility index (Phi) is 3.94. The fourth-order valence-corrected chi connectivity index (χ4v) is 0.406. The Morgan fingerprint density at radius 1 is 0.923 bits per heavy atom. The molecule has 0 aliphatic rings. The molecule has 0 saturated heterocycles. The van der Waals surface area contributed by atoms with Gasteiger partial charge in [-0.1, -0.05) is 0 Å². The number of rotatable bonds is 4. The van der Waals surface area contributed by atoms with E-state index in [0.29, 0.717) is 12.2 Å². The molecule has 0 saturated carbocycles. The van der Waals surface area contributed by atoms with E-state index in [9.17, 15) is 14.4 Å². The first-order valence-corrected chi connectivity index (χ1v) is 3.02. The number of carbonyl (C=O) groups is 3. The molecular weight excluding hydrogens is 180 g/mol. The summed E-state index contributed by atoms with van der Waals surface area (Å²) in [5.41, 5.74) is -0.574. The van der Waals surface area contributed by atoms with Crippen LogP contribution in [0.5, 0.6) is 0 Å². The SMILES string of the molecule is O=C(O)C(=O)C=CC(=CO)C(=O)O. The van der Waals surface area contributed by atoms with Crippen LogP contribution in [0.15, 0.2) is 24.0 Å². The molecule has 0 heterocycles. The van der Waals surface area contributed by atoms with Crippen LogP contribution in [0, 0.1) is 0 Å². The van der Waals surface area contributed by atoms with Crippen molar-refractivity contribution in [2.24, 2.45) is 0 Å². The molecule has 0 rings (SSSR count). The highest BCUT2D eigenvalue weighted by atomic mass is 16.4. The zero-order chi connectivity index (χ0) is 10.4. The molecule has 0 fully saturated rings. The van der Waals surface area contributed by atoms with Gasteiger partial charge in [-0.2, -0.15) is 0 Å². The number of hydrogen-bond acceptors (Lipinski definition) is 4. The van der Waals surface area contributed by atoms with Crippen molar-refractivity contribution in [2.75, 3.05) is 0 Å². The third kappa shape index (κ3) is 3.71. The van der Waals surface area contributed by atoms with Gasteiger partial charge in [0.05, 0.1) is 11.8 Å². The molecule has 0 aromatic heterocycles. The van der Waals surface area contributed by atoms with Crippen molar-refractivity contribution >= 4 is 17.7 Å². The summed E-state index contributed by atoms with van der Waals surface area (Å²) in [4.78, 5) is 30.5. The summed E-state index contributed by atoms with van der Waals surface area (Å²) in [5.74, 6) is -4.42. The van der Waals surface area contributed by atoms with E-state index in [2.05, 4.69) is 0 Å². The van der Waals surface area contributed by atoms with Crippen molar-refractivity contribution in [3.05, 3.63) is 24.0 Å². The third-order valence-electron chi connectivity index (χ3n) is 1.01. The monoisotopic (exact) mass is 186 g/mol. The number of aliphatic hydroxyl groups excluding tert-OH is 1.